The van der Waals surface area contributed by atoms with Crippen molar-refractivity contribution < 1.29 is 9.59 Å². The molecular formula is C26H36N2O2S. The van der Waals surface area contributed by atoms with Crippen molar-refractivity contribution in [2.45, 2.75) is 83.8 Å². The average Bonchev–Trinajstić information content (AvgIpc) is 3.49. The van der Waals surface area contributed by atoms with Crippen LogP contribution in [-0.2, 0) is 22.7 Å². The second-order valence-corrected chi connectivity index (χ2v) is 9.62. The molecule has 5 heteroatoms. The fourth-order valence-corrected chi connectivity index (χ4v) is 4.60. The minimum absolute atomic E-state index is 0.0421. The van der Waals surface area contributed by atoms with E-state index in [-0.39, 0.29) is 24.4 Å². The lowest BCUT2D eigenvalue weighted by Gasteiger charge is -2.28. The number of unbranched alkanes of at least 4 members (excludes halogenated alkanes) is 5. The first-order valence-electron chi connectivity index (χ1n) is 11.8. The Bertz CT molecular complexity index is 787. The summed E-state index contributed by atoms with van der Waals surface area (Å²) in [5, 5.41) is 2.04. The van der Waals surface area contributed by atoms with Crippen LogP contribution in [0.1, 0.15) is 75.2 Å². The third kappa shape index (κ3) is 8.13. The van der Waals surface area contributed by atoms with Gasteiger partial charge in [-0.3, -0.25) is 9.59 Å². The van der Waals surface area contributed by atoms with Crippen molar-refractivity contribution in [1.82, 2.24) is 9.80 Å². The van der Waals surface area contributed by atoms with Gasteiger partial charge in [0.15, 0.2) is 0 Å². The number of hydrogen-bond donors (Lipinski definition) is 0. The molecule has 0 radical (unpaired) electrons. The maximum atomic E-state index is 13.3. The average molecular weight is 441 g/mol. The topological polar surface area (TPSA) is 40.6 Å². The second-order valence-electron chi connectivity index (χ2n) is 8.59. The van der Waals surface area contributed by atoms with Crippen LogP contribution >= 0.6 is 11.3 Å². The highest BCUT2D eigenvalue weighted by Crippen LogP contribution is 2.28. The molecule has 0 aliphatic heterocycles. The molecule has 1 heterocycles. The number of carbonyl (C=O) groups excluding carboxylic acids is 2. The normalized spacial score (nSPS) is 13.2. The molecule has 0 atom stereocenters. The van der Waals surface area contributed by atoms with E-state index in [1.165, 1.54) is 30.6 Å². The number of carbonyl (C=O) groups is 2. The predicted octanol–water partition coefficient (Wildman–Crippen LogP) is 6.02. The van der Waals surface area contributed by atoms with E-state index in [1.807, 2.05) is 39.4 Å². The number of hydrogen-bond acceptors (Lipinski definition) is 3. The van der Waals surface area contributed by atoms with E-state index in [1.54, 1.807) is 11.3 Å². The van der Waals surface area contributed by atoms with E-state index < -0.39 is 0 Å². The van der Waals surface area contributed by atoms with Gasteiger partial charge in [-0.2, -0.15) is 0 Å². The SMILES string of the molecule is CCCCCCCCC(=O)N(CC(=O)N(Cc1ccccc1)Cc1cccs1)C1CC1. The molecule has 0 spiro atoms. The van der Waals surface area contributed by atoms with Crippen molar-refractivity contribution in [3.63, 3.8) is 0 Å². The maximum absolute atomic E-state index is 13.3. The van der Waals surface area contributed by atoms with Gasteiger partial charge in [0.05, 0.1) is 6.54 Å². The van der Waals surface area contributed by atoms with Crippen LogP contribution in [0.4, 0.5) is 0 Å². The van der Waals surface area contributed by atoms with Gasteiger partial charge >= 0.3 is 0 Å². The van der Waals surface area contributed by atoms with E-state index in [9.17, 15) is 9.59 Å². The van der Waals surface area contributed by atoms with Crippen molar-refractivity contribution in [2.75, 3.05) is 6.54 Å². The third-order valence-electron chi connectivity index (χ3n) is 5.85. The summed E-state index contributed by atoms with van der Waals surface area (Å²) in [5.41, 5.74) is 1.11. The van der Waals surface area contributed by atoms with E-state index in [2.05, 4.69) is 25.1 Å². The minimum atomic E-state index is 0.0421. The molecule has 1 fully saturated rings. The van der Waals surface area contributed by atoms with Gasteiger partial charge in [0, 0.05) is 23.9 Å². The number of amides is 2. The zero-order valence-corrected chi connectivity index (χ0v) is 19.6. The van der Waals surface area contributed by atoms with Crippen LogP contribution in [0, 0.1) is 0 Å². The van der Waals surface area contributed by atoms with Crippen molar-refractivity contribution in [3.8, 4) is 0 Å². The number of rotatable bonds is 14. The fourth-order valence-electron chi connectivity index (χ4n) is 3.88. The lowest BCUT2D eigenvalue weighted by atomic mass is 10.1. The fraction of sp³-hybridized carbons (Fsp3) is 0.538. The van der Waals surface area contributed by atoms with Crippen LogP contribution in [0.2, 0.25) is 0 Å². The zero-order chi connectivity index (χ0) is 21.9. The summed E-state index contributed by atoms with van der Waals surface area (Å²) in [4.78, 5) is 31.1. The third-order valence-corrected chi connectivity index (χ3v) is 6.71. The molecule has 2 aromatic rings. The number of thiophene rings is 1. The van der Waals surface area contributed by atoms with Gasteiger partial charge in [-0.05, 0) is 36.3 Å². The summed E-state index contributed by atoms with van der Waals surface area (Å²) in [6.45, 7) is 3.59. The largest absolute Gasteiger partial charge is 0.332 e. The van der Waals surface area contributed by atoms with Gasteiger partial charge in [0.2, 0.25) is 11.8 Å². The molecule has 1 aromatic carbocycles. The summed E-state index contributed by atoms with van der Waals surface area (Å²) >= 11 is 1.67. The Morgan fingerprint density at radius 2 is 1.65 bits per heavy atom. The summed E-state index contributed by atoms with van der Waals surface area (Å²) in [7, 11) is 0. The van der Waals surface area contributed by atoms with Gasteiger partial charge in [-0.15, -0.1) is 11.3 Å². The highest BCUT2D eigenvalue weighted by atomic mass is 32.1. The molecule has 1 aliphatic carbocycles. The standard InChI is InChI=1S/C26H36N2O2S/c1-2-3-4-5-6-10-15-25(29)28(23-16-17-23)21-26(30)27(20-24-14-11-18-31-24)19-22-12-8-7-9-13-22/h7-9,11-14,18,23H,2-6,10,15-17,19-21H2,1H3. The molecule has 168 valence electrons. The summed E-state index contributed by atoms with van der Waals surface area (Å²) < 4.78 is 0. The molecule has 1 aliphatic rings. The lowest BCUT2D eigenvalue weighted by Crippen LogP contribution is -2.43. The highest BCUT2D eigenvalue weighted by Gasteiger charge is 2.34. The molecule has 2 amide bonds. The number of benzene rings is 1. The van der Waals surface area contributed by atoms with Crippen LogP contribution in [-0.4, -0.2) is 34.2 Å². The Morgan fingerprint density at radius 1 is 0.903 bits per heavy atom. The molecule has 3 rings (SSSR count). The Kier molecular flexibility index (Phi) is 9.60. The van der Waals surface area contributed by atoms with Gasteiger partial charge in [0.25, 0.3) is 0 Å². The first-order chi connectivity index (χ1) is 15.2. The van der Waals surface area contributed by atoms with Crippen LogP contribution in [0.3, 0.4) is 0 Å². The Morgan fingerprint density at radius 3 is 2.32 bits per heavy atom. The van der Waals surface area contributed by atoms with Crippen LogP contribution < -0.4 is 0 Å². The van der Waals surface area contributed by atoms with Crippen molar-refractivity contribution in [2.24, 2.45) is 0 Å². The first-order valence-corrected chi connectivity index (χ1v) is 12.7. The summed E-state index contributed by atoms with van der Waals surface area (Å²) in [6, 6.07) is 14.5. The molecule has 0 unspecified atom stereocenters. The molecule has 4 nitrogen and oxygen atoms in total. The molecule has 31 heavy (non-hydrogen) atoms. The van der Waals surface area contributed by atoms with Crippen LogP contribution in [0.15, 0.2) is 47.8 Å². The predicted molar refractivity (Wildman–Crippen MR) is 128 cm³/mol. The molecule has 0 bridgehead atoms. The minimum Gasteiger partial charge on any atom is -0.332 e. The molecular weight excluding hydrogens is 404 g/mol. The molecule has 0 saturated heterocycles. The molecule has 1 saturated carbocycles. The van der Waals surface area contributed by atoms with E-state index >= 15 is 0 Å². The van der Waals surface area contributed by atoms with Crippen molar-refractivity contribution in [1.29, 1.82) is 0 Å². The van der Waals surface area contributed by atoms with Crippen LogP contribution in [0.25, 0.3) is 0 Å². The van der Waals surface area contributed by atoms with Gasteiger partial charge < -0.3 is 9.80 Å². The molecule has 0 N–H and O–H groups in total. The Balaban J connectivity index is 1.57. The summed E-state index contributed by atoms with van der Waals surface area (Å²) in [5.74, 6) is 0.197. The lowest BCUT2D eigenvalue weighted by molar-refractivity contribution is -0.141. The van der Waals surface area contributed by atoms with E-state index in [4.69, 9.17) is 0 Å². The Hall–Kier alpha value is -2.14. The maximum Gasteiger partial charge on any atom is 0.242 e. The van der Waals surface area contributed by atoms with Gasteiger partial charge in [-0.1, -0.05) is 75.4 Å². The smallest absolute Gasteiger partial charge is 0.242 e. The van der Waals surface area contributed by atoms with Crippen molar-refractivity contribution >= 4 is 23.2 Å². The zero-order valence-electron chi connectivity index (χ0n) is 18.8. The van der Waals surface area contributed by atoms with Crippen molar-refractivity contribution in [3.05, 3.63) is 58.3 Å². The quantitative estimate of drug-likeness (QED) is 0.337. The molecule has 1 aromatic heterocycles. The highest BCUT2D eigenvalue weighted by molar-refractivity contribution is 7.09. The Labute approximate surface area is 191 Å². The first kappa shape index (κ1) is 23.5. The number of nitrogens with zero attached hydrogens (tertiary/aromatic N) is 2. The summed E-state index contributed by atoms with van der Waals surface area (Å²) in [6.07, 6.45) is 9.64. The van der Waals surface area contributed by atoms with Gasteiger partial charge in [0.1, 0.15) is 6.54 Å². The second kappa shape index (κ2) is 12.7. The van der Waals surface area contributed by atoms with Crippen LogP contribution in [0.5, 0.6) is 0 Å². The van der Waals surface area contributed by atoms with Gasteiger partial charge in [-0.25, -0.2) is 0 Å². The van der Waals surface area contributed by atoms with E-state index in [0.29, 0.717) is 19.5 Å². The van der Waals surface area contributed by atoms with E-state index in [0.717, 1.165) is 31.2 Å². The monoisotopic (exact) mass is 440 g/mol.